The average molecular weight is 385 g/mol. The number of anilines is 3. The summed E-state index contributed by atoms with van der Waals surface area (Å²) in [6.07, 6.45) is 3.53. The molecule has 3 heterocycles. The average Bonchev–Trinajstić information content (AvgIpc) is 3.19. The number of nitrogens with one attached hydrogen (secondary N) is 4. The lowest BCUT2D eigenvalue weighted by Crippen LogP contribution is -2.27. The highest BCUT2D eigenvalue weighted by Gasteiger charge is 2.26. The lowest BCUT2D eigenvalue weighted by molar-refractivity contribution is 0.0941. The summed E-state index contributed by atoms with van der Waals surface area (Å²) in [6.45, 7) is 0. The van der Waals surface area contributed by atoms with Crippen molar-refractivity contribution in [3.8, 4) is 0 Å². The van der Waals surface area contributed by atoms with E-state index in [1.54, 1.807) is 20.2 Å². The normalized spacial score (nSPS) is 13.4. The largest absolute Gasteiger partial charge is 0.385 e. The van der Waals surface area contributed by atoms with Crippen LogP contribution in [0, 0.1) is 0 Å². The van der Waals surface area contributed by atoms with Crippen LogP contribution in [0.1, 0.15) is 33.0 Å². The summed E-state index contributed by atoms with van der Waals surface area (Å²) >= 11 is 1.34. The lowest BCUT2D eigenvalue weighted by atomic mass is 10.3. The quantitative estimate of drug-likeness (QED) is 0.515. The van der Waals surface area contributed by atoms with E-state index in [2.05, 4.69) is 31.3 Å². The second-order valence-corrected chi connectivity index (χ2v) is 7.10. The van der Waals surface area contributed by atoms with Gasteiger partial charge in [-0.3, -0.25) is 9.59 Å². The van der Waals surface area contributed by atoms with Gasteiger partial charge < -0.3 is 21.3 Å². The van der Waals surface area contributed by atoms with E-state index >= 15 is 0 Å². The lowest BCUT2D eigenvalue weighted by Gasteiger charge is -2.10. The standard InChI is InChI=1S/C17H19N7O2S/c1-18-11-7-13(22-10-5-6-27-14(10)17(26)19-2)23-24-12(8-20-15(11)24)16(25)21-9-3-4-9/h5-9,18H,3-4H2,1-2H3,(H,19,26)(H,21,25)(H,22,23). The molecule has 10 heteroatoms. The van der Waals surface area contributed by atoms with E-state index in [0.29, 0.717) is 27.7 Å². The van der Waals surface area contributed by atoms with Gasteiger partial charge in [-0.2, -0.15) is 0 Å². The molecule has 140 valence electrons. The van der Waals surface area contributed by atoms with Crippen molar-refractivity contribution < 1.29 is 9.59 Å². The Labute approximate surface area is 159 Å². The van der Waals surface area contributed by atoms with Crippen molar-refractivity contribution in [2.45, 2.75) is 18.9 Å². The third-order valence-electron chi connectivity index (χ3n) is 4.24. The number of imidazole rings is 1. The number of nitrogens with zero attached hydrogens (tertiary/aromatic N) is 3. The van der Waals surface area contributed by atoms with Gasteiger partial charge in [-0.15, -0.1) is 16.4 Å². The van der Waals surface area contributed by atoms with Gasteiger partial charge in [0.2, 0.25) is 0 Å². The Kier molecular flexibility index (Phi) is 4.40. The fourth-order valence-electron chi connectivity index (χ4n) is 2.69. The molecule has 0 aliphatic heterocycles. The van der Waals surface area contributed by atoms with Gasteiger partial charge in [0, 0.05) is 26.2 Å². The molecule has 2 amide bonds. The minimum Gasteiger partial charge on any atom is -0.385 e. The molecule has 0 unspecified atom stereocenters. The third-order valence-corrected chi connectivity index (χ3v) is 5.16. The van der Waals surface area contributed by atoms with Crippen molar-refractivity contribution in [1.29, 1.82) is 0 Å². The van der Waals surface area contributed by atoms with Crippen LogP contribution >= 0.6 is 11.3 Å². The van der Waals surface area contributed by atoms with Crippen LogP contribution in [0.3, 0.4) is 0 Å². The fraction of sp³-hybridized carbons (Fsp3) is 0.294. The van der Waals surface area contributed by atoms with Crippen LogP contribution in [-0.2, 0) is 0 Å². The maximum atomic E-state index is 12.5. The second-order valence-electron chi connectivity index (χ2n) is 6.19. The smallest absolute Gasteiger partial charge is 0.271 e. The van der Waals surface area contributed by atoms with E-state index in [1.807, 2.05) is 11.4 Å². The van der Waals surface area contributed by atoms with Crippen LogP contribution < -0.4 is 21.3 Å². The van der Waals surface area contributed by atoms with E-state index in [-0.39, 0.29) is 17.9 Å². The number of carbonyl (C=O) groups is 2. The fourth-order valence-corrected chi connectivity index (χ4v) is 3.49. The molecular weight excluding hydrogens is 366 g/mol. The molecule has 27 heavy (non-hydrogen) atoms. The van der Waals surface area contributed by atoms with E-state index in [9.17, 15) is 9.59 Å². The number of fused-ring (bicyclic) bond motifs is 1. The first-order chi connectivity index (χ1) is 13.1. The molecular formula is C17H19N7O2S. The zero-order valence-corrected chi connectivity index (χ0v) is 15.7. The van der Waals surface area contributed by atoms with Gasteiger partial charge in [-0.25, -0.2) is 9.50 Å². The van der Waals surface area contributed by atoms with Crippen molar-refractivity contribution in [3.05, 3.63) is 34.3 Å². The van der Waals surface area contributed by atoms with Crippen LogP contribution in [0.4, 0.5) is 17.2 Å². The summed E-state index contributed by atoms with van der Waals surface area (Å²) in [5.41, 5.74) is 2.29. The maximum absolute atomic E-state index is 12.5. The van der Waals surface area contributed by atoms with Crippen LogP contribution in [0.2, 0.25) is 0 Å². The predicted octanol–water partition coefficient (Wildman–Crippen LogP) is 1.83. The SMILES string of the molecule is CNC(=O)c1sccc1Nc1cc(NC)c2ncc(C(=O)NC3CC3)n2n1. The Balaban J connectivity index is 1.72. The monoisotopic (exact) mass is 385 g/mol. The number of amides is 2. The Hall–Kier alpha value is -3.14. The van der Waals surface area contributed by atoms with E-state index in [1.165, 1.54) is 22.0 Å². The molecule has 1 aliphatic rings. The molecule has 0 atom stereocenters. The van der Waals surface area contributed by atoms with Crippen LogP contribution in [0.5, 0.6) is 0 Å². The summed E-state index contributed by atoms with van der Waals surface area (Å²) in [4.78, 5) is 29.3. The number of hydrogen-bond acceptors (Lipinski definition) is 7. The highest BCUT2D eigenvalue weighted by atomic mass is 32.1. The van der Waals surface area contributed by atoms with Gasteiger partial charge in [-0.05, 0) is 24.3 Å². The number of aromatic nitrogens is 3. The minimum absolute atomic E-state index is 0.172. The van der Waals surface area contributed by atoms with Gasteiger partial charge in [-0.1, -0.05) is 0 Å². The minimum atomic E-state index is -0.196. The summed E-state index contributed by atoms with van der Waals surface area (Å²) in [6, 6.07) is 3.85. The van der Waals surface area contributed by atoms with Gasteiger partial charge in [0.1, 0.15) is 4.88 Å². The van der Waals surface area contributed by atoms with Crippen molar-refractivity contribution >= 4 is 46.0 Å². The van der Waals surface area contributed by atoms with Gasteiger partial charge in [0.25, 0.3) is 11.8 Å². The Bertz CT molecular complexity index is 1020. The molecule has 0 bridgehead atoms. The summed E-state index contributed by atoms with van der Waals surface area (Å²) in [5, 5.41) is 18.1. The Morgan fingerprint density at radius 1 is 1.22 bits per heavy atom. The molecule has 9 nitrogen and oxygen atoms in total. The Morgan fingerprint density at radius 3 is 2.74 bits per heavy atom. The number of rotatable bonds is 6. The van der Waals surface area contributed by atoms with E-state index < -0.39 is 0 Å². The highest BCUT2D eigenvalue weighted by molar-refractivity contribution is 7.12. The van der Waals surface area contributed by atoms with Crippen molar-refractivity contribution in [3.63, 3.8) is 0 Å². The zero-order valence-electron chi connectivity index (χ0n) is 14.9. The molecule has 0 saturated heterocycles. The first kappa shape index (κ1) is 17.3. The predicted molar refractivity (Wildman–Crippen MR) is 104 cm³/mol. The van der Waals surface area contributed by atoms with Gasteiger partial charge in [0.15, 0.2) is 17.2 Å². The molecule has 4 N–H and O–H groups in total. The van der Waals surface area contributed by atoms with Crippen LogP contribution in [-0.4, -0.2) is 46.5 Å². The highest BCUT2D eigenvalue weighted by Crippen LogP contribution is 2.27. The molecule has 1 fully saturated rings. The summed E-state index contributed by atoms with van der Waals surface area (Å²) in [5.74, 6) is 0.127. The number of hydrogen-bond donors (Lipinski definition) is 4. The number of carbonyl (C=O) groups excluding carboxylic acids is 2. The molecule has 0 spiro atoms. The first-order valence-corrected chi connectivity index (χ1v) is 9.42. The third kappa shape index (κ3) is 3.31. The van der Waals surface area contributed by atoms with Crippen LogP contribution in [0.15, 0.2) is 23.7 Å². The molecule has 4 rings (SSSR count). The number of thiophene rings is 1. The molecule has 0 radical (unpaired) electrons. The molecule has 3 aromatic rings. The van der Waals surface area contributed by atoms with Crippen LogP contribution in [0.25, 0.3) is 5.65 Å². The molecule has 1 aliphatic carbocycles. The zero-order chi connectivity index (χ0) is 19.0. The van der Waals surface area contributed by atoms with Gasteiger partial charge >= 0.3 is 0 Å². The molecule has 1 saturated carbocycles. The second kappa shape index (κ2) is 6.88. The van der Waals surface area contributed by atoms with Crippen molar-refractivity contribution in [2.75, 3.05) is 24.7 Å². The van der Waals surface area contributed by atoms with Gasteiger partial charge in [0.05, 0.1) is 17.6 Å². The van der Waals surface area contributed by atoms with E-state index in [4.69, 9.17) is 0 Å². The molecule has 0 aromatic carbocycles. The topological polar surface area (TPSA) is 112 Å². The van der Waals surface area contributed by atoms with Crippen molar-refractivity contribution in [1.82, 2.24) is 25.2 Å². The van der Waals surface area contributed by atoms with Crippen molar-refractivity contribution in [2.24, 2.45) is 0 Å². The van der Waals surface area contributed by atoms with E-state index in [0.717, 1.165) is 18.5 Å². The molecule has 3 aromatic heterocycles. The Morgan fingerprint density at radius 2 is 2.04 bits per heavy atom. The first-order valence-electron chi connectivity index (χ1n) is 8.54. The maximum Gasteiger partial charge on any atom is 0.271 e. The summed E-state index contributed by atoms with van der Waals surface area (Å²) < 4.78 is 1.51. The summed E-state index contributed by atoms with van der Waals surface area (Å²) in [7, 11) is 3.36.